The Bertz CT molecular complexity index is 1160. The topological polar surface area (TPSA) is 69.0 Å². The second kappa shape index (κ2) is 8.58. The van der Waals surface area contributed by atoms with E-state index in [1.165, 1.54) is 18.3 Å². The molecule has 1 unspecified atom stereocenters. The van der Waals surface area contributed by atoms with Crippen molar-refractivity contribution in [3.63, 3.8) is 0 Å². The van der Waals surface area contributed by atoms with Gasteiger partial charge < -0.3 is 10.1 Å². The summed E-state index contributed by atoms with van der Waals surface area (Å²) in [6.45, 7) is -0.724. The highest BCUT2D eigenvalue weighted by Crippen LogP contribution is 2.29. The molecular formula is C21H18F2N4O2S. The van der Waals surface area contributed by atoms with Gasteiger partial charge in [0.15, 0.2) is 22.8 Å². The van der Waals surface area contributed by atoms with E-state index in [4.69, 9.17) is 4.74 Å². The van der Waals surface area contributed by atoms with Crippen molar-refractivity contribution in [2.45, 2.75) is 26.1 Å². The lowest BCUT2D eigenvalue weighted by Gasteiger charge is -2.14. The molecule has 1 atom stereocenters. The number of carbonyl (C=O) groups is 1. The van der Waals surface area contributed by atoms with Crippen molar-refractivity contribution in [1.29, 1.82) is 0 Å². The van der Waals surface area contributed by atoms with Crippen molar-refractivity contribution in [2.75, 3.05) is 5.32 Å². The van der Waals surface area contributed by atoms with Crippen LogP contribution >= 0.6 is 11.3 Å². The first-order chi connectivity index (χ1) is 14.5. The fraction of sp³-hybridized carbons (Fsp3) is 0.190. The number of hydrogen-bond acceptors (Lipinski definition) is 6. The van der Waals surface area contributed by atoms with E-state index in [2.05, 4.69) is 15.3 Å². The second-order valence-electron chi connectivity index (χ2n) is 6.53. The fourth-order valence-corrected chi connectivity index (χ4v) is 3.73. The summed E-state index contributed by atoms with van der Waals surface area (Å²) in [6.07, 6.45) is -0.971. The highest BCUT2D eigenvalue weighted by Gasteiger charge is 2.25. The SMILES string of the molecule is CC(OC(=O)c1csc(NCc2ccccc2)n1)c1nc2ccccc2n1C(F)F. The number of hydrogen-bond donors (Lipinski definition) is 1. The fourth-order valence-electron chi connectivity index (χ4n) is 3.05. The molecule has 9 heteroatoms. The maximum Gasteiger partial charge on any atom is 0.358 e. The number of benzene rings is 2. The summed E-state index contributed by atoms with van der Waals surface area (Å²) < 4.78 is 33.4. The van der Waals surface area contributed by atoms with Crippen LogP contribution in [-0.4, -0.2) is 20.5 Å². The number of rotatable bonds is 7. The molecule has 0 radical (unpaired) electrons. The summed E-state index contributed by atoms with van der Waals surface area (Å²) in [7, 11) is 0. The number of ether oxygens (including phenoxy) is 1. The molecule has 0 aliphatic carbocycles. The van der Waals surface area contributed by atoms with Gasteiger partial charge in [-0.1, -0.05) is 42.5 Å². The molecule has 1 N–H and O–H groups in total. The third-order valence-electron chi connectivity index (χ3n) is 4.47. The highest BCUT2D eigenvalue weighted by molar-refractivity contribution is 7.13. The molecule has 4 aromatic rings. The van der Waals surface area contributed by atoms with Crippen molar-refractivity contribution in [3.05, 3.63) is 77.1 Å². The summed E-state index contributed by atoms with van der Waals surface area (Å²) in [6, 6.07) is 16.3. The van der Waals surface area contributed by atoms with Crippen LogP contribution in [0.4, 0.5) is 13.9 Å². The summed E-state index contributed by atoms with van der Waals surface area (Å²) in [5.74, 6) is -0.711. The number of fused-ring (bicyclic) bond motifs is 1. The Morgan fingerprint density at radius 3 is 2.63 bits per heavy atom. The zero-order valence-corrected chi connectivity index (χ0v) is 16.8. The molecule has 0 spiro atoms. The van der Waals surface area contributed by atoms with Crippen LogP contribution in [-0.2, 0) is 11.3 Å². The minimum atomic E-state index is -2.80. The van der Waals surface area contributed by atoms with Crippen molar-refractivity contribution < 1.29 is 18.3 Å². The molecule has 0 aliphatic rings. The number of para-hydroxylation sites is 2. The van der Waals surface area contributed by atoms with Gasteiger partial charge in [-0.3, -0.25) is 4.57 Å². The monoisotopic (exact) mass is 428 g/mol. The van der Waals surface area contributed by atoms with Gasteiger partial charge in [-0.25, -0.2) is 14.8 Å². The van der Waals surface area contributed by atoms with E-state index in [9.17, 15) is 13.6 Å². The van der Waals surface area contributed by atoms with Gasteiger partial charge in [0.2, 0.25) is 0 Å². The van der Waals surface area contributed by atoms with E-state index < -0.39 is 18.6 Å². The number of anilines is 1. The Labute approximate surface area is 175 Å². The van der Waals surface area contributed by atoms with Crippen molar-refractivity contribution in [1.82, 2.24) is 14.5 Å². The molecule has 0 saturated carbocycles. The van der Waals surface area contributed by atoms with Gasteiger partial charge in [0.25, 0.3) is 0 Å². The Kier molecular flexibility index (Phi) is 5.71. The average molecular weight is 428 g/mol. The van der Waals surface area contributed by atoms with E-state index in [0.29, 0.717) is 17.2 Å². The number of thiazole rings is 1. The third-order valence-corrected chi connectivity index (χ3v) is 5.27. The molecule has 0 aliphatic heterocycles. The molecule has 0 bridgehead atoms. The predicted octanol–water partition coefficient (Wildman–Crippen LogP) is 5.42. The quantitative estimate of drug-likeness (QED) is 0.398. The number of esters is 1. The Hall–Kier alpha value is -3.33. The van der Waals surface area contributed by atoms with Crippen molar-refractivity contribution in [3.8, 4) is 0 Å². The van der Waals surface area contributed by atoms with Crippen LogP contribution in [0.2, 0.25) is 0 Å². The first-order valence-electron chi connectivity index (χ1n) is 9.22. The van der Waals surface area contributed by atoms with Gasteiger partial charge in [0, 0.05) is 11.9 Å². The van der Waals surface area contributed by atoms with E-state index in [0.717, 1.165) is 10.1 Å². The number of halogens is 2. The van der Waals surface area contributed by atoms with Gasteiger partial charge in [-0.15, -0.1) is 11.3 Å². The molecule has 4 rings (SSSR count). The lowest BCUT2D eigenvalue weighted by atomic mass is 10.2. The number of alkyl halides is 2. The highest BCUT2D eigenvalue weighted by atomic mass is 32.1. The number of carbonyl (C=O) groups excluding carboxylic acids is 1. The summed E-state index contributed by atoms with van der Waals surface area (Å²) >= 11 is 1.27. The molecule has 2 heterocycles. The molecule has 2 aromatic heterocycles. The van der Waals surface area contributed by atoms with Gasteiger partial charge in [0.1, 0.15) is 0 Å². The lowest BCUT2D eigenvalue weighted by Crippen LogP contribution is -2.15. The molecule has 2 aromatic carbocycles. The maximum absolute atomic E-state index is 13.6. The number of aromatic nitrogens is 3. The summed E-state index contributed by atoms with van der Waals surface area (Å²) in [5, 5.41) is 5.28. The van der Waals surface area contributed by atoms with Crippen LogP contribution in [0.3, 0.4) is 0 Å². The molecule has 6 nitrogen and oxygen atoms in total. The minimum absolute atomic E-state index is 0.0165. The van der Waals surface area contributed by atoms with E-state index in [-0.39, 0.29) is 17.0 Å². The van der Waals surface area contributed by atoms with Crippen LogP contribution in [0.5, 0.6) is 0 Å². The largest absolute Gasteiger partial charge is 0.450 e. The minimum Gasteiger partial charge on any atom is -0.450 e. The summed E-state index contributed by atoms with van der Waals surface area (Å²) in [4.78, 5) is 20.9. The van der Waals surface area contributed by atoms with Crippen LogP contribution in [0.25, 0.3) is 11.0 Å². The smallest absolute Gasteiger partial charge is 0.358 e. The molecule has 0 amide bonds. The Morgan fingerprint density at radius 2 is 1.87 bits per heavy atom. The second-order valence-corrected chi connectivity index (χ2v) is 7.39. The zero-order valence-electron chi connectivity index (χ0n) is 16.0. The van der Waals surface area contributed by atoms with Crippen LogP contribution < -0.4 is 5.32 Å². The summed E-state index contributed by atoms with van der Waals surface area (Å²) in [5.41, 5.74) is 1.89. The van der Waals surface area contributed by atoms with E-state index in [1.807, 2.05) is 30.3 Å². The van der Waals surface area contributed by atoms with Crippen molar-refractivity contribution in [2.24, 2.45) is 0 Å². The van der Waals surface area contributed by atoms with Gasteiger partial charge in [-0.05, 0) is 24.6 Å². The number of nitrogens with one attached hydrogen (secondary N) is 1. The van der Waals surface area contributed by atoms with Gasteiger partial charge in [-0.2, -0.15) is 8.78 Å². The molecular weight excluding hydrogens is 410 g/mol. The van der Waals surface area contributed by atoms with Gasteiger partial charge in [0.05, 0.1) is 11.0 Å². The maximum atomic E-state index is 13.6. The van der Waals surface area contributed by atoms with Crippen molar-refractivity contribution >= 4 is 33.5 Å². The predicted molar refractivity (Wildman–Crippen MR) is 111 cm³/mol. The third kappa shape index (κ3) is 4.16. The average Bonchev–Trinajstić information content (AvgIpc) is 3.38. The molecule has 154 valence electrons. The van der Waals surface area contributed by atoms with Gasteiger partial charge >= 0.3 is 12.5 Å². The van der Waals surface area contributed by atoms with Crippen LogP contribution in [0.1, 0.15) is 41.5 Å². The molecule has 30 heavy (non-hydrogen) atoms. The standard InChI is InChI=1S/C21H18F2N4O2S/c1-13(18-25-15-9-5-6-10-17(15)27(18)20(22)23)29-19(28)16-12-30-21(26-16)24-11-14-7-3-2-4-8-14/h2-10,12-13,20H,11H2,1H3,(H,24,26). The Balaban J connectivity index is 1.46. The first-order valence-corrected chi connectivity index (χ1v) is 10.1. The van der Waals surface area contributed by atoms with Crippen LogP contribution in [0, 0.1) is 0 Å². The zero-order chi connectivity index (χ0) is 21.1. The lowest BCUT2D eigenvalue weighted by molar-refractivity contribution is 0.0228. The first kappa shape index (κ1) is 20.0. The number of imidazole rings is 1. The molecule has 0 saturated heterocycles. The Morgan fingerprint density at radius 1 is 1.13 bits per heavy atom. The normalized spacial score (nSPS) is 12.3. The van der Waals surface area contributed by atoms with E-state index >= 15 is 0 Å². The number of nitrogens with zero attached hydrogens (tertiary/aromatic N) is 3. The molecule has 0 fully saturated rings. The van der Waals surface area contributed by atoms with E-state index in [1.54, 1.807) is 29.6 Å². The van der Waals surface area contributed by atoms with Crippen LogP contribution in [0.15, 0.2) is 60.0 Å².